The molecule has 2 aromatic rings. The number of nitrogens with one attached hydrogen (secondary N) is 1. The lowest BCUT2D eigenvalue weighted by molar-refractivity contribution is -0.120. The zero-order valence-corrected chi connectivity index (χ0v) is 13.4. The topological polar surface area (TPSA) is 59.8 Å². The molecule has 116 valence electrons. The van der Waals surface area contributed by atoms with Crippen LogP contribution in [-0.4, -0.2) is 32.5 Å². The van der Waals surface area contributed by atoms with E-state index in [-0.39, 0.29) is 11.2 Å². The highest BCUT2D eigenvalue weighted by molar-refractivity contribution is 8.00. The molecule has 1 atom stereocenters. The number of amides is 1. The van der Waals surface area contributed by atoms with E-state index in [9.17, 15) is 4.79 Å². The fourth-order valence-electron chi connectivity index (χ4n) is 2.25. The number of hydrogen-bond acceptors (Lipinski definition) is 4. The van der Waals surface area contributed by atoms with Gasteiger partial charge in [0.25, 0.3) is 0 Å². The van der Waals surface area contributed by atoms with Gasteiger partial charge in [0.15, 0.2) is 5.16 Å². The van der Waals surface area contributed by atoms with Gasteiger partial charge >= 0.3 is 0 Å². The van der Waals surface area contributed by atoms with E-state index in [0.717, 1.165) is 11.6 Å². The number of thioether (sulfide) groups is 1. The summed E-state index contributed by atoms with van der Waals surface area (Å²) in [6.45, 7) is 2.57. The fraction of sp³-hybridized carbons (Fsp3) is 0.438. The van der Waals surface area contributed by atoms with Crippen molar-refractivity contribution in [3.63, 3.8) is 0 Å². The molecule has 1 aromatic carbocycles. The Kier molecular flexibility index (Phi) is 4.77. The van der Waals surface area contributed by atoms with Crippen molar-refractivity contribution < 1.29 is 4.79 Å². The number of carbonyl (C=O) groups excluding carboxylic acids is 1. The van der Waals surface area contributed by atoms with Crippen LogP contribution in [0, 0.1) is 0 Å². The molecule has 1 N–H and O–H groups in total. The number of rotatable bonds is 7. The third-order valence-electron chi connectivity index (χ3n) is 3.69. The minimum absolute atomic E-state index is 0.0475. The predicted molar refractivity (Wildman–Crippen MR) is 86.8 cm³/mol. The van der Waals surface area contributed by atoms with E-state index in [1.54, 1.807) is 6.33 Å². The van der Waals surface area contributed by atoms with Crippen LogP contribution < -0.4 is 5.32 Å². The maximum absolute atomic E-state index is 12.2. The third kappa shape index (κ3) is 3.88. The van der Waals surface area contributed by atoms with Gasteiger partial charge in [-0.15, -0.1) is 10.2 Å². The maximum Gasteiger partial charge on any atom is 0.233 e. The van der Waals surface area contributed by atoms with Gasteiger partial charge in [-0.3, -0.25) is 4.79 Å². The largest absolute Gasteiger partial charge is 0.355 e. The molecule has 1 heterocycles. The Morgan fingerprint density at radius 2 is 2.18 bits per heavy atom. The minimum Gasteiger partial charge on any atom is -0.355 e. The highest BCUT2D eigenvalue weighted by atomic mass is 32.2. The van der Waals surface area contributed by atoms with Crippen LogP contribution in [0.4, 0.5) is 0 Å². The average molecular weight is 316 g/mol. The summed E-state index contributed by atoms with van der Waals surface area (Å²) in [6.07, 6.45) is 4.98. The first kappa shape index (κ1) is 15.1. The summed E-state index contributed by atoms with van der Waals surface area (Å²) in [4.78, 5) is 12.2. The molecule has 1 amide bonds. The number of carbonyl (C=O) groups is 1. The highest BCUT2D eigenvalue weighted by Crippen LogP contribution is 2.37. The van der Waals surface area contributed by atoms with Gasteiger partial charge in [-0.05, 0) is 31.7 Å². The standard InChI is InChI=1S/C16H20N4OS/c1-12(22-16-19-18-11-20(16)14-7-8-14)15(21)17-10-9-13-5-3-2-4-6-13/h2-6,11-12,14H,7-10H2,1H3,(H,17,21). The van der Waals surface area contributed by atoms with Crippen LogP contribution in [-0.2, 0) is 11.2 Å². The number of nitrogens with zero attached hydrogens (tertiary/aromatic N) is 3. The maximum atomic E-state index is 12.2. The van der Waals surface area contributed by atoms with Crippen molar-refractivity contribution in [2.75, 3.05) is 6.54 Å². The molecule has 1 aliphatic rings. The summed E-state index contributed by atoms with van der Waals surface area (Å²) >= 11 is 1.48. The van der Waals surface area contributed by atoms with Crippen LogP contribution in [0.2, 0.25) is 0 Å². The quantitative estimate of drug-likeness (QED) is 0.797. The van der Waals surface area contributed by atoms with Gasteiger partial charge in [-0.1, -0.05) is 42.1 Å². The summed E-state index contributed by atoms with van der Waals surface area (Å²) in [5.74, 6) is 0.0475. The molecular weight excluding hydrogens is 296 g/mol. The average Bonchev–Trinajstić information content (AvgIpc) is 3.28. The van der Waals surface area contributed by atoms with Gasteiger partial charge in [-0.2, -0.15) is 0 Å². The molecule has 6 heteroatoms. The molecule has 0 bridgehead atoms. The zero-order chi connectivity index (χ0) is 15.4. The second-order valence-corrected chi connectivity index (χ2v) is 6.85. The zero-order valence-electron chi connectivity index (χ0n) is 12.6. The second kappa shape index (κ2) is 6.96. The Morgan fingerprint density at radius 3 is 2.91 bits per heavy atom. The molecule has 3 rings (SSSR count). The van der Waals surface area contributed by atoms with Gasteiger partial charge in [-0.25, -0.2) is 0 Å². The summed E-state index contributed by atoms with van der Waals surface area (Å²) in [6, 6.07) is 10.7. The predicted octanol–water partition coefficient (Wildman–Crippen LogP) is 2.45. The molecule has 5 nitrogen and oxygen atoms in total. The van der Waals surface area contributed by atoms with Crippen molar-refractivity contribution in [3.8, 4) is 0 Å². The molecule has 0 spiro atoms. The Bertz CT molecular complexity index is 624. The summed E-state index contributed by atoms with van der Waals surface area (Å²) in [7, 11) is 0. The fourth-order valence-corrected chi connectivity index (χ4v) is 3.17. The van der Waals surface area contributed by atoms with Gasteiger partial charge in [0.1, 0.15) is 6.33 Å². The third-order valence-corrected chi connectivity index (χ3v) is 4.76. The number of aromatic nitrogens is 3. The summed E-state index contributed by atoms with van der Waals surface area (Å²) in [5, 5.41) is 11.7. The van der Waals surface area contributed by atoms with Crippen LogP contribution in [0.5, 0.6) is 0 Å². The molecule has 0 radical (unpaired) electrons. The van der Waals surface area contributed by atoms with E-state index in [1.165, 1.54) is 30.2 Å². The molecule has 1 unspecified atom stereocenters. The van der Waals surface area contributed by atoms with Crippen LogP contribution in [0.1, 0.15) is 31.4 Å². The molecule has 22 heavy (non-hydrogen) atoms. The Balaban J connectivity index is 1.46. The van der Waals surface area contributed by atoms with Crippen molar-refractivity contribution in [1.29, 1.82) is 0 Å². The Labute approximate surface area is 134 Å². The van der Waals surface area contributed by atoms with Gasteiger partial charge < -0.3 is 9.88 Å². The van der Waals surface area contributed by atoms with Crippen LogP contribution in [0.3, 0.4) is 0 Å². The highest BCUT2D eigenvalue weighted by Gasteiger charge is 2.27. The molecule has 0 saturated heterocycles. The van der Waals surface area contributed by atoms with Gasteiger partial charge in [0.05, 0.1) is 5.25 Å². The van der Waals surface area contributed by atoms with E-state index in [4.69, 9.17) is 0 Å². The minimum atomic E-state index is -0.169. The van der Waals surface area contributed by atoms with Gasteiger partial charge in [0.2, 0.25) is 5.91 Å². The molecule has 1 aliphatic carbocycles. The van der Waals surface area contributed by atoms with Crippen molar-refractivity contribution in [1.82, 2.24) is 20.1 Å². The Hall–Kier alpha value is -1.82. The van der Waals surface area contributed by atoms with E-state index in [1.807, 2.05) is 25.1 Å². The summed E-state index contributed by atoms with van der Waals surface area (Å²) < 4.78 is 2.08. The molecule has 1 saturated carbocycles. The molecule has 1 fully saturated rings. The first-order valence-electron chi connectivity index (χ1n) is 7.62. The monoisotopic (exact) mass is 316 g/mol. The lowest BCUT2D eigenvalue weighted by atomic mass is 10.1. The van der Waals surface area contributed by atoms with Crippen LogP contribution in [0.15, 0.2) is 41.8 Å². The lowest BCUT2D eigenvalue weighted by Crippen LogP contribution is -2.32. The van der Waals surface area contributed by atoms with E-state index >= 15 is 0 Å². The first-order valence-corrected chi connectivity index (χ1v) is 8.50. The molecular formula is C16H20N4OS. The lowest BCUT2D eigenvalue weighted by Gasteiger charge is -2.12. The van der Waals surface area contributed by atoms with Crippen molar-refractivity contribution >= 4 is 17.7 Å². The van der Waals surface area contributed by atoms with Gasteiger partial charge in [0, 0.05) is 12.6 Å². The van der Waals surface area contributed by atoms with E-state index in [2.05, 4.69) is 32.2 Å². The van der Waals surface area contributed by atoms with Crippen molar-refractivity contribution in [2.24, 2.45) is 0 Å². The Morgan fingerprint density at radius 1 is 1.41 bits per heavy atom. The second-order valence-electron chi connectivity index (χ2n) is 5.54. The SMILES string of the molecule is CC(Sc1nncn1C1CC1)C(=O)NCCc1ccccc1. The molecule has 1 aromatic heterocycles. The van der Waals surface area contributed by atoms with Crippen molar-refractivity contribution in [2.45, 2.75) is 42.6 Å². The van der Waals surface area contributed by atoms with Crippen LogP contribution >= 0.6 is 11.8 Å². The normalized spacial score (nSPS) is 15.5. The number of benzene rings is 1. The van der Waals surface area contributed by atoms with Crippen molar-refractivity contribution in [3.05, 3.63) is 42.2 Å². The van der Waals surface area contributed by atoms with Crippen LogP contribution in [0.25, 0.3) is 0 Å². The number of hydrogen-bond donors (Lipinski definition) is 1. The van der Waals surface area contributed by atoms with E-state index < -0.39 is 0 Å². The molecule has 0 aliphatic heterocycles. The van der Waals surface area contributed by atoms with E-state index in [0.29, 0.717) is 12.6 Å². The first-order chi connectivity index (χ1) is 10.7. The smallest absolute Gasteiger partial charge is 0.233 e. The summed E-state index contributed by atoms with van der Waals surface area (Å²) in [5.41, 5.74) is 1.23.